The van der Waals surface area contributed by atoms with Gasteiger partial charge < -0.3 is 10.0 Å². The van der Waals surface area contributed by atoms with Gasteiger partial charge in [-0.2, -0.15) is 4.37 Å². The highest BCUT2D eigenvalue weighted by Crippen LogP contribution is 2.30. The quantitative estimate of drug-likeness (QED) is 0.939. The molecule has 1 aromatic carbocycles. The number of nitrogens with zero attached hydrogens (tertiary/aromatic N) is 2. The molecule has 2 aromatic rings. The highest BCUT2D eigenvalue weighted by molar-refractivity contribution is 7.11. The number of aromatic carboxylic acids is 1. The molecule has 0 aliphatic rings. The van der Waals surface area contributed by atoms with Crippen LogP contribution >= 0.6 is 23.1 Å². The average molecular weight is 329 g/mol. The number of halogens is 2. The zero-order chi connectivity index (χ0) is 15.7. The molecule has 110 valence electrons. The molecule has 8 heteroatoms. The van der Waals surface area contributed by atoms with E-state index in [2.05, 4.69) is 4.37 Å². The van der Waals surface area contributed by atoms with Gasteiger partial charge in [0.2, 0.25) is 0 Å². The fourth-order valence-corrected chi connectivity index (χ4v) is 2.83. The van der Waals surface area contributed by atoms with E-state index in [0.29, 0.717) is 5.69 Å². The highest BCUT2D eigenvalue weighted by atomic mass is 35.5. The van der Waals surface area contributed by atoms with Crippen LogP contribution in [0.3, 0.4) is 0 Å². The molecule has 0 aliphatic carbocycles. The summed E-state index contributed by atoms with van der Waals surface area (Å²) >= 11 is 6.66. The Hall–Kier alpha value is -1.99. The minimum absolute atomic E-state index is 0.0402. The van der Waals surface area contributed by atoms with Crippen LogP contribution in [0.5, 0.6) is 0 Å². The maximum Gasteiger partial charge on any atom is 0.340 e. The summed E-state index contributed by atoms with van der Waals surface area (Å²) in [6.07, 6.45) is 0. The van der Waals surface area contributed by atoms with E-state index in [1.54, 1.807) is 0 Å². The van der Waals surface area contributed by atoms with E-state index >= 15 is 0 Å². The zero-order valence-electron chi connectivity index (χ0n) is 11.1. The molecule has 0 saturated heterocycles. The fraction of sp³-hybridized carbons (Fsp3) is 0.154. The second-order valence-electron chi connectivity index (χ2n) is 4.22. The summed E-state index contributed by atoms with van der Waals surface area (Å²) < 4.78 is 17.3. The van der Waals surface area contributed by atoms with Crippen LogP contribution in [0.4, 0.5) is 9.39 Å². The number of hydrogen-bond donors (Lipinski definition) is 1. The maximum absolute atomic E-state index is 13.4. The second kappa shape index (κ2) is 5.79. The molecule has 0 bridgehead atoms. The Balaban J connectivity index is 2.45. The first-order valence-electron chi connectivity index (χ1n) is 5.76. The molecule has 0 aliphatic heterocycles. The van der Waals surface area contributed by atoms with Gasteiger partial charge in [0.25, 0.3) is 5.91 Å². The molecule has 0 spiro atoms. The van der Waals surface area contributed by atoms with Crippen LogP contribution in [0, 0.1) is 12.7 Å². The van der Waals surface area contributed by atoms with E-state index in [-0.39, 0.29) is 21.2 Å². The van der Waals surface area contributed by atoms with Crippen LogP contribution in [-0.4, -0.2) is 28.4 Å². The van der Waals surface area contributed by atoms with Gasteiger partial charge in [0.05, 0.1) is 16.3 Å². The Morgan fingerprint density at radius 3 is 2.71 bits per heavy atom. The molecule has 1 heterocycles. The van der Waals surface area contributed by atoms with Crippen molar-refractivity contribution in [2.24, 2.45) is 0 Å². The van der Waals surface area contributed by atoms with E-state index in [0.717, 1.165) is 22.5 Å². The fourth-order valence-electron chi connectivity index (χ4n) is 1.77. The zero-order valence-corrected chi connectivity index (χ0v) is 12.6. The molecular weight excluding hydrogens is 319 g/mol. The molecule has 1 amide bonds. The molecule has 21 heavy (non-hydrogen) atoms. The normalized spacial score (nSPS) is 10.5. The summed E-state index contributed by atoms with van der Waals surface area (Å²) in [5, 5.41) is 9.05. The molecule has 0 radical (unpaired) electrons. The highest BCUT2D eigenvalue weighted by Gasteiger charge is 2.26. The number of carboxylic acid groups (broad SMARTS) is 1. The van der Waals surface area contributed by atoms with Gasteiger partial charge in [0.15, 0.2) is 0 Å². The predicted molar refractivity (Wildman–Crippen MR) is 78.0 cm³/mol. The van der Waals surface area contributed by atoms with Crippen molar-refractivity contribution in [2.75, 3.05) is 11.9 Å². The van der Waals surface area contributed by atoms with Crippen LogP contribution in [0.1, 0.15) is 26.4 Å². The predicted octanol–water partition coefficient (Wildman–Crippen LogP) is 3.22. The topological polar surface area (TPSA) is 70.5 Å². The number of aryl methyl sites for hydroxylation is 1. The Kier molecular flexibility index (Phi) is 4.24. The number of anilines is 1. The number of hydrogen-bond acceptors (Lipinski definition) is 4. The third kappa shape index (κ3) is 2.74. The Labute approximate surface area is 128 Å². The first-order valence-corrected chi connectivity index (χ1v) is 6.91. The third-order valence-corrected chi connectivity index (χ3v) is 4.25. The number of amides is 1. The van der Waals surface area contributed by atoms with Crippen LogP contribution in [0.2, 0.25) is 5.02 Å². The standard InChI is InChI=1S/C13H10ClFN2O3S/c1-6-9(13(19)20)12(21-16-6)17(2)11(18)7-4-3-5-8(15)10(7)14/h3-5H,1-2H3,(H,19,20). The third-order valence-electron chi connectivity index (χ3n) is 2.85. The summed E-state index contributed by atoms with van der Waals surface area (Å²) in [5.41, 5.74) is 0.220. The lowest BCUT2D eigenvalue weighted by Gasteiger charge is -2.16. The smallest absolute Gasteiger partial charge is 0.340 e. The molecule has 0 atom stereocenters. The second-order valence-corrected chi connectivity index (χ2v) is 5.35. The molecule has 5 nitrogen and oxygen atoms in total. The van der Waals surface area contributed by atoms with Gasteiger partial charge in [0.1, 0.15) is 16.4 Å². The van der Waals surface area contributed by atoms with Gasteiger partial charge in [-0.1, -0.05) is 17.7 Å². The van der Waals surface area contributed by atoms with Crippen molar-refractivity contribution in [3.8, 4) is 0 Å². The van der Waals surface area contributed by atoms with Gasteiger partial charge in [-0.3, -0.25) is 4.79 Å². The van der Waals surface area contributed by atoms with E-state index in [1.165, 1.54) is 26.1 Å². The minimum atomic E-state index is -1.18. The van der Waals surface area contributed by atoms with Crippen LogP contribution in [0.25, 0.3) is 0 Å². The average Bonchev–Trinajstić information content (AvgIpc) is 2.82. The summed E-state index contributed by atoms with van der Waals surface area (Å²) in [6, 6.07) is 3.87. The monoisotopic (exact) mass is 328 g/mol. The van der Waals surface area contributed by atoms with Crippen LogP contribution in [0.15, 0.2) is 18.2 Å². The lowest BCUT2D eigenvalue weighted by molar-refractivity contribution is 0.0697. The maximum atomic E-state index is 13.4. The number of benzene rings is 1. The molecule has 0 saturated carbocycles. The van der Waals surface area contributed by atoms with Crippen molar-refractivity contribution in [3.05, 3.63) is 45.9 Å². The summed E-state index contributed by atoms with van der Waals surface area (Å²) in [7, 11) is 1.39. The molecule has 0 unspecified atom stereocenters. The van der Waals surface area contributed by atoms with Crippen molar-refractivity contribution in [1.29, 1.82) is 0 Å². The molecule has 0 fully saturated rings. The first kappa shape index (κ1) is 15.4. The first-order chi connectivity index (χ1) is 9.84. The Morgan fingerprint density at radius 1 is 1.43 bits per heavy atom. The van der Waals surface area contributed by atoms with Gasteiger partial charge >= 0.3 is 5.97 Å². The molecule has 2 rings (SSSR count). The summed E-state index contributed by atoms with van der Waals surface area (Å²) in [4.78, 5) is 24.7. The molecule has 1 aromatic heterocycles. The minimum Gasteiger partial charge on any atom is -0.478 e. The summed E-state index contributed by atoms with van der Waals surface area (Å²) in [5.74, 6) is -2.50. The number of rotatable bonds is 3. The van der Waals surface area contributed by atoms with Crippen LogP contribution in [-0.2, 0) is 0 Å². The lowest BCUT2D eigenvalue weighted by atomic mass is 10.2. The summed E-state index contributed by atoms with van der Waals surface area (Å²) in [6.45, 7) is 1.54. The van der Waals surface area contributed by atoms with Crippen molar-refractivity contribution in [2.45, 2.75) is 6.92 Å². The van der Waals surface area contributed by atoms with Gasteiger partial charge in [-0.05, 0) is 30.6 Å². The number of carbonyl (C=O) groups is 2. The Morgan fingerprint density at radius 2 is 2.10 bits per heavy atom. The van der Waals surface area contributed by atoms with Crippen molar-refractivity contribution < 1.29 is 19.1 Å². The SMILES string of the molecule is Cc1nsc(N(C)C(=O)c2cccc(F)c2Cl)c1C(=O)O. The van der Waals surface area contributed by atoms with E-state index in [9.17, 15) is 19.1 Å². The van der Waals surface area contributed by atoms with Crippen LogP contribution < -0.4 is 4.90 Å². The molecular formula is C13H10ClFN2O3S. The largest absolute Gasteiger partial charge is 0.478 e. The van der Waals surface area contributed by atoms with E-state index < -0.39 is 17.7 Å². The van der Waals surface area contributed by atoms with E-state index in [1.807, 2.05) is 0 Å². The lowest BCUT2D eigenvalue weighted by Crippen LogP contribution is -2.27. The van der Waals surface area contributed by atoms with Gasteiger partial charge in [-0.15, -0.1) is 0 Å². The molecule has 1 N–H and O–H groups in total. The van der Waals surface area contributed by atoms with Gasteiger partial charge in [-0.25, -0.2) is 9.18 Å². The number of aromatic nitrogens is 1. The van der Waals surface area contributed by atoms with Crippen molar-refractivity contribution in [1.82, 2.24) is 4.37 Å². The van der Waals surface area contributed by atoms with Crippen molar-refractivity contribution in [3.63, 3.8) is 0 Å². The number of carbonyl (C=O) groups excluding carboxylic acids is 1. The Bertz CT molecular complexity index is 732. The van der Waals surface area contributed by atoms with E-state index in [4.69, 9.17) is 11.6 Å². The van der Waals surface area contributed by atoms with Crippen molar-refractivity contribution >= 4 is 40.0 Å². The van der Waals surface area contributed by atoms with Gasteiger partial charge in [0, 0.05) is 7.05 Å². The number of carboxylic acids is 1.